The van der Waals surface area contributed by atoms with Crippen molar-refractivity contribution in [1.29, 1.82) is 0 Å². The Kier molecular flexibility index (Phi) is 5.84. The van der Waals surface area contributed by atoms with E-state index in [1.54, 1.807) is 0 Å². The zero-order valence-corrected chi connectivity index (χ0v) is 17.8. The number of benzene rings is 1. The Labute approximate surface area is 179 Å². The predicted octanol–water partition coefficient (Wildman–Crippen LogP) is 2.34. The van der Waals surface area contributed by atoms with Crippen LogP contribution in [0.2, 0.25) is 0 Å². The molecular weight excluding hydrogens is 396 g/mol. The lowest BCUT2D eigenvalue weighted by molar-refractivity contribution is 0.0691. The van der Waals surface area contributed by atoms with E-state index >= 15 is 0 Å². The minimum atomic E-state index is -1.44. The highest BCUT2D eigenvalue weighted by atomic mass is 16.4. The summed E-state index contributed by atoms with van der Waals surface area (Å²) in [5, 5.41) is 27.7. The highest BCUT2D eigenvalue weighted by molar-refractivity contribution is 5.92. The molecule has 4 rings (SSSR count). The monoisotopic (exact) mass is 424 g/mol. The smallest absolute Gasteiger partial charge is 0.345 e. The molecule has 8 heteroatoms. The summed E-state index contributed by atoms with van der Waals surface area (Å²) in [7, 11) is 2.04. The van der Waals surface area contributed by atoms with Crippen molar-refractivity contribution in [3.63, 3.8) is 0 Å². The van der Waals surface area contributed by atoms with Crippen LogP contribution in [-0.2, 0) is 20.0 Å². The molecule has 0 saturated carbocycles. The van der Waals surface area contributed by atoms with Gasteiger partial charge >= 0.3 is 5.97 Å². The second kappa shape index (κ2) is 8.56. The number of fused-ring (bicyclic) bond motifs is 1. The Balaban J connectivity index is 1.70. The van der Waals surface area contributed by atoms with Crippen LogP contribution in [0, 0.1) is 0 Å². The van der Waals surface area contributed by atoms with Crippen LogP contribution < -0.4 is 16.2 Å². The SMILES string of the molecule is CCc1c(-c2ccc3c(c2)cc(CNC2CCNCC2)n3C)[nH]c(=O)c(C(=O)O)c1O. The van der Waals surface area contributed by atoms with Crippen molar-refractivity contribution in [2.24, 2.45) is 7.05 Å². The number of carboxylic acids is 1. The van der Waals surface area contributed by atoms with Crippen molar-refractivity contribution in [1.82, 2.24) is 20.2 Å². The molecule has 0 radical (unpaired) electrons. The third kappa shape index (κ3) is 3.96. The van der Waals surface area contributed by atoms with Gasteiger partial charge in [-0.3, -0.25) is 4.79 Å². The summed E-state index contributed by atoms with van der Waals surface area (Å²) in [5.41, 5.74) is 2.41. The van der Waals surface area contributed by atoms with Gasteiger partial charge < -0.3 is 30.4 Å². The fourth-order valence-electron chi connectivity index (χ4n) is 4.42. The van der Waals surface area contributed by atoms with E-state index < -0.39 is 22.8 Å². The minimum absolute atomic E-state index is 0.385. The molecule has 0 atom stereocenters. The summed E-state index contributed by atoms with van der Waals surface area (Å²) >= 11 is 0. The number of carboxylic acid groups (broad SMARTS) is 1. The standard InChI is InChI=1S/C23H28N4O4/c1-3-17-20(26-22(29)19(21(17)28)23(30)31)13-4-5-18-14(10-13)11-16(27(18)2)12-25-15-6-8-24-9-7-15/h4-5,10-11,15,24-25H,3,6-9,12H2,1-2H3,(H,30,31)(H2,26,28,29). The summed E-state index contributed by atoms with van der Waals surface area (Å²) in [4.78, 5) is 26.3. The number of hydrogen-bond donors (Lipinski definition) is 5. The maximum absolute atomic E-state index is 12.3. The van der Waals surface area contributed by atoms with Gasteiger partial charge in [0.15, 0.2) is 5.56 Å². The summed E-state index contributed by atoms with van der Waals surface area (Å²) < 4.78 is 2.15. The normalized spacial score (nSPS) is 14.9. The second-order valence-electron chi connectivity index (χ2n) is 8.06. The van der Waals surface area contributed by atoms with Crippen LogP contribution in [0.15, 0.2) is 29.1 Å². The molecule has 3 aromatic rings. The van der Waals surface area contributed by atoms with Gasteiger partial charge in [0.25, 0.3) is 5.56 Å². The highest BCUT2D eigenvalue weighted by Crippen LogP contribution is 2.32. The van der Waals surface area contributed by atoms with Crippen LogP contribution >= 0.6 is 0 Å². The number of aryl methyl sites for hydroxylation is 1. The molecular formula is C23H28N4O4. The highest BCUT2D eigenvalue weighted by Gasteiger charge is 2.22. The molecule has 3 heterocycles. The fraction of sp³-hybridized carbons (Fsp3) is 0.391. The quantitative estimate of drug-likeness (QED) is 0.414. The Morgan fingerprint density at radius 2 is 2.00 bits per heavy atom. The summed E-state index contributed by atoms with van der Waals surface area (Å²) in [6.07, 6.45) is 2.63. The number of carbonyl (C=O) groups is 1. The van der Waals surface area contributed by atoms with Crippen LogP contribution in [0.3, 0.4) is 0 Å². The predicted molar refractivity (Wildman–Crippen MR) is 120 cm³/mol. The molecule has 5 N–H and O–H groups in total. The Hall–Kier alpha value is -3.10. The largest absolute Gasteiger partial charge is 0.506 e. The van der Waals surface area contributed by atoms with Gasteiger partial charge in [-0.1, -0.05) is 13.0 Å². The van der Waals surface area contributed by atoms with Gasteiger partial charge in [0.2, 0.25) is 0 Å². The van der Waals surface area contributed by atoms with Crippen LogP contribution in [0.25, 0.3) is 22.2 Å². The minimum Gasteiger partial charge on any atom is -0.506 e. The third-order valence-electron chi connectivity index (χ3n) is 6.20. The molecule has 0 amide bonds. The Morgan fingerprint density at radius 1 is 1.26 bits per heavy atom. The molecule has 0 aliphatic carbocycles. The van der Waals surface area contributed by atoms with E-state index in [2.05, 4.69) is 26.3 Å². The number of H-pyrrole nitrogens is 1. The van der Waals surface area contributed by atoms with E-state index in [9.17, 15) is 19.8 Å². The average molecular weight is 425 g/mol. The Bertz CT molecular complexity index is 1190. The second-order valence-corrected chi connectivity index (χ2v) is 8.06. The molecule has 0 unspecified atom stereocenters. The molecule has 1 fully saturated rings. The zero-order valence-electron chi connectivity index (χ0n) is 17.8. The third-order valence-corrected chi connectivity index (χ3v) is 6.20. The van der Waals surface area contributed by atoms with E-state index in [-0.39, 0.29) is 0 Å². The summed E-state index contributed by atoms with van der Waals surface area (Å²) in [6.45, 7) is 4.67. The molecule has 164 valence electrons. The molecule has 1 aromatic carbocycles. The molecule has 1 saturated heterocycles. The summed E-state index contributed by atoms with van der Waals surface area (Å²) in [6, 6.07) is 8.48. The zero-order chi connectivity index (χ0) is 22.1. The molecule has 8 nitrogen and oxygen atoms in total. The fourth-order valence-corrected chi connectivity index (χ4v) is 4.42. The first-order chi connectivity index (χ1) is 14.9. The van der Waals surface area contributed by atoms with Crippen molar-refractivity contribution < 1.29 is 15.0 Å². The number of aromatic amines is 1. The number of nitrogens with one attached hydrogen (secondary N) is 3. The van der Waals surface area contributed by atoms with Crippen LogP contribution in [-0.4, -0.2) is 44.9 Å². The number of pyridine rings is 1. The topological polar surface area (TPSA) is 119 Å². The van der Waals surface area contributed by atoms with Crippen molar-refractivity contribution in [3.05, 3.63) is 51.4 Å². The maximum atomic E-state index is 12.3. The van der Waals surface area contributed by atoms with Gasteiger partial charge in [-0.05, 0) is 56.1 Å². The van der Waals surface area contributed by atoms with Gasteiger partial charge in [-0.15, -0.1) is 0 Å². The van der Waals surface area contributed by atoms with Gasteiger partial charge in [-0.25, -0.2) is 4.79 Å². The maximum Gasteiger partial charge on any atom is 0.345 e. The first kappa shape index (κ1) is 21.1. The van der Waals surface area contributed by atoms with E-state index in [1.165, 1.54) is 5.69 Å². The van der Waals surface area contributed by atoms with E-state index in [1.807, 2.05) is 32.2 Å². The van der Waals surface area contributed by atoms with E-state index in [4.69, 9.17) is 0 Å². The number of nitrogens with zero attached hydrogens (tertiary/aromatic N) is 1. The Morgan fingerprint density at radius 3 is 2.68 bits per heavy atom. The molecule has 1 aliphatic rings. The van der Waals surface area contributed by atoms with Gasteiger partial charge in [0.05, 0.1) is 5.69 Å². The van der Waals surface area contributed by atoms with Gasteiger partial charge in [0.1, 0.15) is 5.75 Å². The average Bonchev–Trinajstić information content (AvgIpc) is 3.07. The number of piperidine rings is 1. The van der Waals surface area contributed by atoms with E-state index in [0.29, 0.717) is 23.7 Å². The van der Waals surface area contributed by atoms with Crippen LogP contribution in [0.4, 0.5) is 0 Å². The number of rotatable bonds is 6. The number of hydrogen-bond acceptors (Lipinski definition) is 5. The molecule has 0 bridgehead atoms. The van der Waals surface area contributed by atoms with E-state index in [0.717, 1.165) is 48.9 Å². The first-order valence-electron chi connectivity index (χ1n) is 10.6. The van der Waals surface area contributed by atoms with Crippen molar-refractivity contribution in [2.75, 3.05) is 13.1 Å². The van der Waals surface area contributed by atoms with Crippen LogP contribution in [0.5, 0.6) is 5.75 Å². The number of aromatic hydroxyl groups is 1. The van der Waals surface area contributed by atoms with Crippen LogP contribution in [0.1, 0.15) is 41.4 Å². The molecule has 0 spiro atoms. The lowest BCUT2D eigenvalue weighted by Gasteiger charge is -2.23. The van der Waals surface area contributed by atoms with Crippen molar-refractivity contribution in [2.45, 2.75) is 38.8 Å². The molecule has 31 heavy (non-hydrogen) atoms. The lowest BCUT2D eigenvalue weighted by Crippen LogP contribution is -2.39. The van der Waals surface area contributed by atoms with Gasteiger partial charge in [-0.2, -0.15) is 0 Å². The number of aromatic carboxylic acids is 1. The molecule has 1 aliphatic heterocycles. The van der Waals surface area contributed by atoms with Gasteiger partial charge in [0, 0.05) is 41.8 Å². The summed E-state index contributed by atoms with van der Waals surface area (Å²) in [5.74, 6) is -1.90. The lowest BCUT2D eigenvalue weighted by atomic mass is 9.99. The van der Waals surface area contributed by atoms with Crippen molar-refractivity contribution in [3.8, 4) is 17.0 Å². The first-order valence-corrected chi connectivity index (χ1v) is 10.6. The number of aromatic nitrogens is 2. The van der Waals surface area contributed by atoms with Crippen molar-refractivity contribution >= 4 is 16.9 Å². The molecule has 2 aromatic heterocycles.